The predicted molar refractivity (Wildman–Crippen MR) is 85.9 cm³/mol. The van der Waals surface area contributed by atoms with E-state index in [1.54, 1.807) is 0 Å². The first-order valence-corrected chi connectivity index (χ1v) is 7.42. The molecule has 1 rings (SSSR count). The maximum Gasteiger partial charge on any atom is 0.273 e. The normalized spacial score (nSPS) is 11.2. The monoisotopic (exact) mass is 295 g/mol. The molecule has 118 valence electrons. The first-order chi connectivity index (χ1) is 10.00. The molecule has 0 aliphatic carbocycles. The van der Waals surface area contributed by atoms with Crippen LogP contribution < -0.4 is 10.6 Å². The molecular formula is C15H25N3O3. The molecule has 0 bridgehead atoms. The fourth-order valence-electron chi connectivity index (χ4n) is 2.16. The quantitative estimate of drug-likeness (QED) is 0.480. The van der Waals surface area contributed by atoms with Gasteiger partial charge in [0.05, 0.1) is 17.1 Å². The fraction of sp³-hybridized carbons (Fsp3) is 0.600. The van der Waals surface area contributed by atoms with Crippen molar-refractivity contribution in [3.05, 3.63) is 28.3 Å². The van der Waals surface area contributed by atoms with Crippen molar-refractivity contribution < 1.29 is 10.0 Å². The zero-order valence-corrected chi connectivity index (χ0v) is 13.0. The topological polar surface area (TPSA) is 87.4 Å². The molecule has 1 aromatic rings. The first kappa shape index (κ1) is 17.2. The highest BCUT2D eigenvalue weighted by atomic mass is 16.6. The number of hydrogen-bond donors (Lipinski definition) is 3. The Bertz CT molecular complexity index is 465. The average molecular weight is 295 g/mol. The van der Waals surface area contributed by atoms with Crippen molar-refractivity contribution in [3.8, 4) is 0 Å². The molecule has 1 aromatic carbocycles. The van der Waals surface area contributed by atoms with Crippen molar-refractivity contribution in [2.24, 2.45) is 0 Å². The Morgan fingerprint density at radius 3 is 2.29 bits per heavy atom. The molecule has 21 heavy (non-hydrogen) atoms. The van der Waals surface area contributed by atoms with Crippen molar-refractivity contribution in [2.45, 2.75) is 45.6 Å². The molecule has 0 fully saturated rings. The van der Waals surface area contributed by atoms with Gasteiger partial charge in [0.1, 0.15) is 0 Å². The van der Waals surface area contributed by atoms with E-state index in [1.165, 1.54) is 12.1 Å². The second kappa shape index (κ2) is 7.83. The third kappa shape index (κ3) is 4.60. The summed E-state index contributed by atoms with van der Waals surface area (Å²) >= 11 is 0. The van der Waals surface area contributed by atoms with E-state index in [4.69, 9.17) is 0 Å². The van der Waals surface area contributed by atoms with Crippen LogP contribution in [-0.2, 0) is 0 Å². The van der Waals surface area contributed by atoms with Gasteiger partial charge in [0, 0.05) is 30.1 Å². The van der Waals surface area contributed by atoms with E-state index >= 15 is 0 Å². The van der Waals surface area contributed by atoms with Crippen LogP contribution in [0.1, 0.15) is 40.0 Å². The summed E-state index contributed by atoms with van der Waals surface area (Å²) in [5, 5.41) is 27.1. The minimum absolute atomic E-state index is 0.0135. The number of aliphatic hydroxyl groups is 1. The van der Waals surface area contributed by atoms with Gasteiger partial charge in [-0.3, -0.25) is 10.1 Å². The minimum Gasteiger partial charge on any atom is -0.394 e. The van der Waals surface area contributed by atoms with Crippen LogP contribution in [-0.4, -0.2) is 28.7 Å². The van der Waals surface area contributed by atoms with Gasteiger partial charge >= 0.3 is 0 Å². The molecule has 0 heterocycles. The summed E-state index contributed by atoms with van der Waals surface area (Å²) in [6.07, 6.45) is 2.41. The number of nitro groups is 1. The fourth-order valence-corrected chi connectivity index (χ4v) is 2.16. The molecule has 0 aliphatic heterocycles. The third-order valence-electron chi connectivity index (χ3n) is 3.77. The Balaban J connectivity index is 3.09. The van der Waals surface area contributed by atoms with Crippen molar-refractivity contribution in [1.29, 1.82) is 0 Å². The highest BCUT2D eigenvalue weighted by molar-refractivity contribution is 5.64. The van der Waals surface area contributed by atoms with Gasteiger partial charge in [-0.25, -0.2) is 0 Å². The number of rotatable bonds is 9. The number of nitrogens with zero attached hydrogens (tertiary/aromatic N) is 1. The van der Waals surface area contributed by atoms with Crippen LogP contribution in [0.5, 0.6) is 0 Å². The van der Waals surface area contributed by atoms with Gasteiger partial charge in [-0.15, -0.1) is 0 Å². The summed E-state index contributed by atoms with van der Waals surface area (Å²) in [7, 11) is 0. The van der Waals surface area contributed by atoms with Gasteiger partial charge in [0.15, 0.2) is 0 Å². The molecule has 6 heteroatoms. The number of aliphatic hydroxyl groups excluding tert-OH is 1. The largest absolute Gasteiger partial charge is 0.394 e. The van der Waals surface area contributed by atoms with Gasteiger partial charge in [-0.2, -0.15) is 0 Å². The summed E-state index contributed by atoms with van der Waals surface area (Å²) in [5.74, 6) is 0. The van der Waals surface area contributed by atoms with E-state index in [-0.39, 0.29) is 12.3 Å². The molecule has 0 aromatic heterocycles. The molecule has 0 unspecified atom stereocenters. The number of nitrogens with one attached hydrogen (secondary N) is 2. The van der Waals surface area contributed by atoms with Crippen molar-refractivity contribution in [2.75, 3.05) is 23.8 Å². The van der Waals surface area contributed by atoms with Gasteiger partial charge in [0.2, 0.25) is 0 Å². The van der Waals surface area contributed by atoms with Crippen LogP contribution in [0.15, 0.2) is 18.2 Å². The lowest BCUT2D eigenvalue weighted by Gasteiger charge is -2.32. The summed E-state index contributed by atoms with van der Waals surface area (Å²) in [4.78, 5) is 10.7. The maximum atomic E-state index is 11.1. The summed E-state index contributed by atoms with van der Waals surface area (Å²) in [5.41, 5.74) is 0.961. The van der Waals surface area contributed by atoms with Gasteiger partial charge < -0.3 is 15.7 Å². The number of nitro benzene ring substituents is 1. The highest BCUT2D eigenvalue weighted by Crippen LogP contribution is 2.28. The summed E-state index contributed by atoms with van der Waals surface area (Å²) in [6.45, 7) is 6.75. The summed E-state index contributed by atoms with van der Waals surface area (Å²) < 4.78 is 0. The molecule has 0 spiro atoms. The van der Waals surface area contributed by atoms with E-state index in [2.05, 4.69) is 10.6 Å². The number of benzene rings is 1. The van der Waals surface area contributed by atoms with Crippen molar-refractivity contribution in [3.63, 3.8) is 0 Å². The van der Waals surface area contributed by atoms with Crippen LogP contribution in [0.4, 0.5) is 17.1 Å². The van der Waals surface area contributed by atoms with Crippen LogP contribution >= 0.6 is 0 Å². The Morgan fingerprint density at radius 1 is 1.19 bits per heavy atom. The van der Waals surface area contributed by atoms with E-state index in [1.807, 2.05) is 26.8 Å². The molecule has 0 amide bonds. The number of anilines is 2. The van der Waals surface area contributed by atoms with E-state index in [0.29, 0.717) is 11.4 Å². The van der Waals surface area contributed by atoms with Crippen LogP contribution in [0.3, 0.4) is 0 Å². The lowest BCUT2D eigenvalue weighted by atomic mass is 9.93. The molecule has 0 aliphatic rings. The highest BCUT2D eigenvalue weighted by Gasteiger charge is 2.25. The van der Waals surface area contributed by atoms with Gasteiger partial charge in [-0.05, 0) is 25.3 Å². The second-order valence-electron chi connectivity index (χ2n) is 5.22. The Kier molecular flexibility index (Phi) is 6.42. The van der Waals surface area contributed by atoms with E-state index in [9.17, 15) is 15.2 Å². The molecule has 0 saturated carbocycles. The summed E-state index contributed by atoms with van der Waals surface area (Å²) in [6, 6.07) is 4.88. The molecule has 0 saturated heterocycles. The van der Waals surface area contributed by atoms with Crippen LogP contribution in [0.2, 0.25) is 0 Å². The smallest absolute Gasteiger partial charge is 0.273 e. The van der Waals surface area contributed by atoms with E-state index < -0.39 is 10.5 Å². The Labute approximate surface area is 125 Å². The predicted octanol–water partition coefficient (Wildman–Crippen LogP) is 3.38. The molecule has 0 radical (unpaired) electrons. The molecule has 6 nitrogen and oxygen atoms in total. The standard InChI is InChI=1S/C15H25N3O3/c1-4-7-16-12-8-13(10-14(9-12)18(20)21)17-15(5-2,6-3)11-19/h8-10,16-17,19H,4-7,11H2,1-3H3. The zero-order chi connectivity index (χ0) is 15.9. The van der Waals surface area contributed by atoms with Crippen molar-refractivity contribution >= 4 is 17.1 Å². The molecule has 3 N–H and O–H groups in total. The lowest BCUT2D eigenvalue weighted by molar-refractivity contribution is -0.384. The molecular weight excluding hydrogens is 270 g/mol. The maximum absolute atomic E-state index is 11.1. The average Bonchev–Trinajstić information content (AvgIpc) is 2.50. The number of non-ortho nitro benzene ring substituents is 1. The Hall–Kier alpha value is -1.82. The molecule has 0 atom stereocenters. The second-order valence-corrected chi connectivity index (χ2v) is 5.22. The lowest BCUT2D eigenvalue weighted by Crippen LogP contribution is -2.40. The van der Waals surface area contributed by atoms with Crippen molar-refractivity contribution in [1.82, 2.24) is 0 Å². The number of hydrogen-bond acceptors (Lipinski definition) is 5. The third-order valence-corrected chi connectivity index (χ3v) is 3.77. The first-order valence-electron chi connectivity index (χ1n) is 7.42. The van der Waals surface area contributed by atoms with Crippen LogP contribution in [0, 0.1) is 10.1 Å². The SMILES string of the molecule is CCCNc1cc(NC(CC)(CC)CO)cc([N+](=O)[O-])c1. The van der Waals surface area contributed by atoms with E-state index in [0.717, 1.165) is 25.8 Å². The zero-order valence-electron chi connectivity index (χ0n) is 13.0. The minimum atomic E-state index is -0.447. The van der Waals surface area contributed by atoms with Crippen LogP contribution in [0.25, 0.3) is 0 Å². The Morgan fingerprint density at radius 2 is 1.81 bits per heavy atom. The van der Waals surface area contributed by atoms with Gasteiger partial charge in [-0.1, -0.05) is 20.8 Å². The van der Waals surface area contributed by atoms with Gasteiger partial charge in [0.25, 0.3) is 5.69 Å².